The lowest BCUT2D eigenvalue weighted by Gasteiger charge is -2.20. The molecule has 0 spiro atoms. The Hall–Kier alpha value is -2.49. The first-order valence-electron chi connectivity index (χ1n) is 7.15. The van der Waals surface area contributed by atoms with Crippen molar-refractivity contribution < 1.29 is 4.79 Å². The van der Waals surface area contributed by atoms with Crippen LogP contribution in [0.1, 0.15) is 21.5 Å². The number of hydrogen-bond acceptors (Lipinski definition) is 3. The molecule has 4 heteroatoms. The second-order valence-electron chi connectivity index (χ2n) is 5.45. The zero-order valence-corrected chi connectivity index (χ0v) is 11.9. The zero-order chi connectivity index (χ0) is 14.8. The van der Waals surface area contributed by atoms with E-state index >= 15 is 0 Å². The first-order chi connectivity index (χ1) is 10.1. The highest BCUT2D eigenvalue weighted by Crippen LogP contribution is 2.19. The Morgan fingerprint density at radius 1 is 0.905 bits per heavy atom. The van der Waals surface area contributed by atoms with Crippen molar-refractivity contribution in [2.75, 3.05) is 24.6 Å². The van der Waals surface area contributed by atoms with Crippen LogP contribution in [-0.4, -0.2) is 23.9 Å². The Kier molecular flexibility index (Phi) is 3.52. The summed E-state index contributed by atoms with van der Waals surface area (Å²) in [6, 6.07) is 13.4. The number of amides is 1. The van der Waals surface area contributed by atoms with Gasteiger partial charge in [-0.15, -0.1) is 0 Å². The van der Waals surface area contributed by atoms with Crippen molar-refractivity contribution in [1.29, 1.82) is 0 Å². The number of hydrogen-bond donors (Lipinski definition) is 2. The number of rotatable bonds is 1. The van der Waals surface area contributed by atoms with Crippen molar-refractivity contribution in [2.24, 2.45) is 0 Å². The van der Waals surface area contributed by atoms with E-state index < -0.39 is 0 Å². The van der Waals surface area contributed by atoms with Gasteiger partial charge >= 0.3 is 0 Å². The van der Waals surface area contributed by atoms with E-state index in [1.807, 2.05) is 4.90 Å². The fourth-order valence-corrected chi connectivity index (χ4v) is 2.85. The minimum atomic E-state index is 0.00167. The molecule has 1 aliphatic rings. The predicted octanol–water partition coefficient (Wildman–Crippen LogP) is 2.09. The third kappa shape index (κ3) is 2.84. The fraction of sp³-hybridized carbons (Fsp3) is 0.235. The van der Waals surface area contributed by atoms with Gasteiger partial charge in [-0.05, 0) is 42.2 Å². The summed E-state index contributed by atoms with van der Waals surface area (Å²) in [6.45, 7) is 1.45. The summed E-state index contributed by atoms with van der Waals surface area (Å²) in [4.78, 5) is 14.5. The Morgan fingerprint density at radius 3 is 1.95 bits per heavy atom. The van der Waals surface area contributed by atoms with Gasteiger partial charge in [-0.1, -0.05) is 24.3 Å². The molecule has 4 nitrogen and oxygen atoms in total. The van der Waals surface area contributed by atoms with E-state index in [4.69, 9.17) is 11.5 Å². The van der Waals surface area contributed by atoms with Gasteiger partial charge in [0.15, 0.2) is 0 Å². The van der Waals surface area contributed by atoms with Crippen molar-refractivity contribution >= 4 is 17.3 Å². The largest absolute Gasteiger partial charge is 0.399 e. The van der Waals surface area contributed by atoms with Crippen LogP contribution in [0.15, 0.2) is 42.5 Å². The molecule has 4 N–H and O–H groups in total. The maximum absolute atomic E-state index is 12.6. The Bertz CT molecular complexity index is 634. The van der Waals surface area contributed by atoms with Crippen LogP contribution in [0.3, 0.4) is 0 Å². The summed E-state index contributed by atoms with van der Waals surface area (Å²) in [6.07, 6.45) is 1.78. The van der Waals surface area contributed by atoms with Gasteiger partial charge in [0.05, 0.1) is 0 Å². The van der Waals surface area contributed by atoms with E-state index in [1.54, 1.807) is 18.2 Å². The van der Waals surface area contributed by atoms with Crippen LogP contribution in [0.25, 0.3) is 0 Å². The quantitative estimate of drug-likeness (QED) is 0.786. The van der Waals surface area contributed by atoms with E-state index in [0.717, 1.165) is 25.9 Å². The lowest BCUT2D eigenvalue weighted by atomic mass is 10.0. The summed E-state index contributed by atoms with van der Waals surface area (Å²) in [5, 5.41) is 0. The standard InChI is InChI=1S/C17H19N3O/c18-15-9-14(10-16(19)11-15)17(21)20-7-5-12-3-1-2-4-13(12)6-8-20/h1-4,9-11H,5-8,18-19H2. The Balaban J connectivity index is 1.80. The van der Waals surface area contributed by atoms with Crippen LogP contribution in [0.4, 0.5) is 11.4 Å². The van der Waals surface area contributed by atoms with Crippen LogP contribution in [0.5, 0.6) is 0 Å². The van der Waals surface area contributed by atoms with Crippen molar-refractivity contribution in [1.82, 2.24) is 4.90 Å². The van der Waals surface area contributed by atoms with Crippen LogP contribution in [-0.2, 0) is 12.8 Å². The minimum absolute atomic E-state index is 0.00167. The summed E-state index contributed by atoms with van der Waals surface area (Å²) in [5.74, 6) is 0.00167. The van der Waals surface area contributed by atoms with Gasteiger partial charge in [-0.2, -0.15) is 0 Å². The molecule has 1 amide bonds. The van der Waals surface area contributed by atoms with Gasteiger partial charge in [0.25, 0.3) is 5.91 Å². The second kappa shape index (κ2) is 5.48. The number of carbonyl (C=O) groups excluding carboxylic acids is 1. The van der Waals surface area contributed by atoms with Crippen LogP contribution < -0.4 is 11.5 Å². The van der Waals surface area contributed by atoms with E-state index in [9.17, 15) is 4.79 Å². The minimum Gasteiger partial charge on any atom is -0.399 e. The molecule has 0 bridgehead atoms. The smallest absolute Gasteiger partial charge is 0.254 e. The van der Waals surface area contributed by atoms with Crippen LogP contribution in [0.2, 0.25) is 0 Å². The fourth-order valence-electron chi connectivity index (χ4n) is 2.85. The third-order valence-corrected chi connectivity index (χ3v) is 3.93. The second-order valence-corrected chi connectivity index (χ2v) is 5.45. The molecule has 2 aromatic carbocycles. The van der Waals surface area contributed by atoms with Crippen molar-refractivity contribution in [2.45, 2.75) is 12.8 Å². The first-order valence-corrected chi connectivity index (χ1v) is 7.15. The maximum Gasteiger partial charge on any atom is 0.254 e. The summed E-state index contributed by atoms with van der Waals surface area (Å²) >= 11 is 0. The van der Waals surface area contributed by atoms with Gasteiger partial charge < -0.3 is 16.4 Å². The molecular formula is C17H19N3O. The molecule has 3 rings (SSSR count). The molecule has 0 unspecified atom stereocenters. The first kappa shape index (κ1) is 13.5. The van der Waals surface area contributed by atoms with Gasteiger partial charge in [0, 0.05) is 30.0 Å². The number of carbonyl (C=O) groups is 1. The monoisotopic (exact) mass is 281 g/mol. The molecular weight excluding hydrogens is 262 g/mol. The summed E-state index contributed by atoms with van der Waals surface area (Å²) in [5.41, 5.74) is 15.8. The van der Waals surface area contributed by atoms with Gasteiger partial charge in [0.1, 0.15) is 0 Å². The number of nitrogen functional groups attached to an aromatic ring is 2. The van der Waals surface area contributed by atoms with Crippen molar-refractivity contribution in [3.05, 3.63) is 59.2 Å². The predicted molar refractivity (Wildman–Crippen MR) is 85.0 cm³/mol. The lowest BCUT2D eigenvalue weighted by Crippen LogP contribution is -2.33. The molecule has 0 saturated carbocycles. The van der Waals surface area contributed by atoms with E-state index in [2.05, 4.69) is 24.3 Å². The Labute approximate surface area is 124 Å². The highest BCUT2D eigenvalue weighted by Gasteiger charge is 2.20. The number of benzene rings is 2. The molecule has 0 radical (unpaired) electrons. The number of nitrogens with two attached hydrogens (primary N) is 2. The molecule has 0 fully saturated rings. The van der Waals surface area contributed by atoms with Crippen molar-refractivity contribution in [3.63, 3.8) is 0 Å². The number of anilines is 2. The van der Waals surface area contributed by atoms with Gasteiger partial charge in [-0.25, -0.2) is 0 Å². The molecule has 0 saturated heterocycles. The zero-order valence-electron chi connectivity index (χ0n) is 11.9. The maximum atomic E-state index is 12.6. The van der Waals surface area contributed by atoms with E-state index in [-0.39, 0.29) is 5.91 Å². The SMILES string of the molecule is Nc1cc(N)cc(C(=O)N2CCc3ccccc3CC2)c1. The normalized spacial score (nSPS) is 14.4. The molecule has 1 aliphatic heterocycles. The van der Waals surface area contributed by atoms with E-state index in [1.165, 1.54) is 11.1 Å². The van der Waals surface area contributed by atoms with Gasteiger partial charge in [0.2, 0.25) is 0 Å². The van der Waals surface area contributed by atoms with Crippen LogP contribution in [0, 0.1) is 0 Å². The molecule has 21 heavy (non-hydrogen) atoms. The highest BCUT2D eigenvalue weighted by atomic mass is 16.2. The molecule has 2 aromatic rings. The summed E-state index contributed by atoms with van der Waals surface area (Å²) < 4.78 is 0. The highest BCUT2D eigenvalue weighted by molar-refractivity contribution is 5.96. The summed E-state index contributed by atoms with van der Waals surface area (Å²) in [7, 11) is 0. The number of nitrogens with zero attached hydrogens (tertiary/aromatic N) is 1. The van der Waals surface area contributed by atoms with E-state index in [0.29, 0.717) is 16.9 Å². The average Bonchev–Trinajstić information content (AvgIpc) is 2.68. The molecule has 0 aromatic heterocycles. The molecule has 1 heterocycles. The molecule has 0 aliphatic carbocycles. The third-order valence-electron chi connectivity index (χ3n) is 3.93. The van der Waals surface area contributed by atoms with Gasteiger partial charge in [-0.3, -0.25) is 4.79 Å². The molecule has 108 valence electrons. The number of fused-ring (bicyclic) bond motifs is 1. The molecule has 0 atom stereocenters. The topological polar surface area (TPSA) is 72.3 Å². The lowest BCUT2D eigenvalue weighted by molar-refractivity contribution is 0.0763. The Morgan fingerprint density at radius 2 is 1.43 bits per heavy atom. The van der Waals surface area contributed by atoms with Crippen molar-refractivity contribution in [3.8, 4) is 0 Å². The average molecular weight is 281 g/mol. The van der Waals surface area contributed by atoms with Crippen LogP contribution >= 0.6 is 0 Å².